The quantitative estimate of drug-likeness (QED) is 0.508. The van der Waals surface area contributed by atoms with Gasteiger partial charge >= 0.3 is 0 Å². The molecular weight excluding hydrogens is 264 g/mol. The van der Waals surface area contributed by atoms with Crippen LogP contribution in [0.1, 0.15) is 0 Å². The van der Waals surface area contributed by atoms with Crippen LogP contribution in [0.5, 0.6) is 0 Å². The SMILES string of the molecule is NNc1nc(-c2ccc(Cl)c([N+](=O)[O-])c2)cs1. The van der Waals surface area contributed by atoms with Crippen LogP contribution in [-0.4, -0.2) is 9.91 Å². The molecule has 0 fully saturated rings. The van der Waals surface area contributed by atoms with Crippen molar-refractivity contribution in [3.8, 4) is 11.3 Å². The molecule has 0 amide bonds. The molecule has 1 heterocycles. The Labute approximate surface area is 105 Å². The van der Waals surface area contributed by atoms with Crippen LogP contribution in [0, 0.1) is 10.1 Å². The molecule has 0 spiro atoms. The summed E-state index contributed by atoms with van der Waals surface area (Å²) in [6.45, 7) is 0. The van der Waals surface area contributed by atoms with Crippen LogP contribution in [0.15, 0.2) is 23.6 Å². The lowest BCUT2D eigenvalue weighted by atomic mass is 10.1. The zero-order valence-electron chi connectivity index (χ0n) is 8.38. The van der Waals surface area contributed by atoms with Crippen LogP contribution >= 0.6 is 22.9 Å². The maximum absolute atomic E-state index is 10.7. The molecule has 0 aliphatic heterocycles. The third-order valence-electron chi connectivity index (χ3n) is 2.07. The Balaban J connectivity index is 2.46. The maximum atomic E-state index is 10.7. The number of hydrazine groups is 1. The zero-order valence-corrected chi connectivity index (χ0v) is 9.96. The number of hydrogen-bond donors (Lipinski definition) is 2. The van der Waals surface area contributed by atoms with Gasteiger partial charge in [0.1, 0.15) is 5.02 Å². The van der Waals surface area contributed by atoms with Gasteiger partial charge in [-0.2, -0.15) is 0 Å². The molecule has 6 nitrogen and oxygen atoms in total. The number of hydrogen-bond acceptors (Lipinski definition) is 6. The smallest absolute Gasteiger partial charge is 0.288 e. The second-order valence-corrected chi connectivity index (χ2v) is 4.37. The molecule has 2 aromatic rings. The van der Waals surface area contributed by atoms with Gasteiger partial charge in [0, 0.05) is 17.0 Å². The van der Waals surface area contributed by atoms with Gasteiger partial charge in [-0.25, -0.2) is 10.8 Å². The largest absolute Gasteiger partial charge is 0.300 e. The van der Waals surface area contributed by atoms with Gasteiger partial charge in [0.2, 0.25) is 0 Å². The van der Waals surface area contributed by atoms with Crippen molar-refractivity contribution >= 4 is 33.8 Å². The highest BCUT2D eigenvalue weighted by atomic mass is 35.5. The number of anilines is 1. The van der Waals surface area contributed by atoms with Gasteiger partial charge in [0.05, 0.1) is 10.6 Å². The minimum atomic E-state index is -0.527. The van der Waals surface area contributed by atoms with E-state index in [-0.39, 0.29) is 10.7 Å². The lowest BCUT2D eigenvalue weighted by Gasteiger charge is -1.99. The molecule has 0 bridgehead atoms. The first-order chi connectivity index (χ1) is 8.11. The van der Waals surface area contributed by atoms with Crippen LogP contribution in [0.4, 0.5) is 10.8 Å². The van der Waals surface area contributed by atoms with Gasteiger partial charge in [0.25, 0.3) is 5.69 Å². The predicted molar refractivity (Wildman–Crippen MR) is 67.0 cm³/mol. The van der Waals surface area contributed by atoms with Gasteiger partial charge in [-0.15, -0.1) is 11.3 Å². The average molecular weight is 271 g/mol. The fourth-order valence-electron chi connectivity index (χ4n) is 1.28. The normalized spacial score (nSPS) is 10.2. The van der Waals surface area contributed by atoms with E-state index in [1.165, 1.54) is 23.5 Å². The Morgan fingerprint density at radius 2 is 2.29 bits per heavy atom. The van der Waals surface area contributed by atoms with Crippen LogP contribution in [-0.2, 0) is 0 Å². The molecule has 1 aromatic carbocycles. The van der Waals surface area contributed by atoms with Crippen molar-refractivity contribution in [1.29, 1.82) is 0 Å². The summed E-state index contributed by atoms with van der Waals surface area (Å²) in [4.78, 5) is 14.4. The number of nitrogens with one attached hydrogen (secondary N) is 1. The number of rotatable bonds is 3. The van der Waals surface area contributed by atoms with E-state index in [9.17, 15) is 10.1 Å². The summed E-state index contributed by atoms with van der Waals surface area (Å²) in [6.07, 6.45) is 0. The minimum absolute atomic E-state index is 0.103. The molecule has 0 unspecified atom stereocenters. The van der Waals surface area contributed by atoms with E-state index < -0.39 is 4.92 Å². The van der Waals surface area contributed by atoms with Crippen LogP contribution in [0.2, 0.25) is 5.02 Å². The van der Waals surface area contributed by atoms with E-state index in [4.69, 9.17) is 17.4 Å². The summed E-state index contributed by atoms with van der Waals surface area (Å²) in [5, 5.41) is 13.1. The molecule has 88 valence electrons. The number of thiazole rings is 1. The highest BCUT2D eigenvalue weighted by molar-refractivity contribution is 7.14. The molecule has 0 radical (unpaired) electrons. The van der Waals surface area contributed by atoms with E-state index in [1.54, 1.807) is 11.4 Å². The molecule has 17 heavy (non-hydrogen) atoms. The van der Waals surface area contributed by atoms with Gasteiger partial charge in [-0.3, -0.25) is 15.5 Å². The Hall–Kier alpha value is -1.70. The Kier molecular flexibility index (Phi) is 3.23. The third kappa shape index (κ3) is 2.36. The number of benzene rings is 1. The fourth-order valence-corrected chi connectivity index (χ4v) is 2.10. The summed E-state index contributed by atoms with van der Waals surface area (Å²) in [7, 11) is 0. The van der Waals surface area contributed by atoms with E-state index >= 15 is 0 Å². The molecule has 0 atom stereocenters. The van der Waals surface area contributed by atoms with Crippen molar-refractivity contribution in [1.82, 2.24) is 4.98 Å². The molecule has 0 saturated carbocycles. The zero-order chi connectivity index (χ0) is 12.4. The van der Waals surface area contributed by atoms with E-state index in [1.807, 2.05) is 0 Å². The summed E-state index contributed by atoms with van der Waals surface area (Å²) in [6, 6.07) is 4.53. The van der Waals surface area contributed by atoms with Crippen molar-refractivity contribution < 1.29 is 4.92 Å². The molecular formula is C9H7ClN4O2S. The topological polar surface area (TPSA) is 94.1 Å². The Morgan fingerprint density at radius 1 is 1.53 bits per heavy atom. The molecule has 0 aliphatic carbocycles. The van der Waals surface area contributed by atoms with Crippen LogP contribution < -0.4 is 11.3 Å². The first-order valence-electron chi connectivity index (χ1n) is 4.48. The lowest BCUT2D eigenvalue weighted by molar-refractivity contribution is -0.384. The first kappa shape index (κ1) is 11.8. The van der Waals surface area contributed by atoms with Gasteiger partial charge in [-0.05, 0) is 6.07 Å². The predicted octanol–water partition coefficient (Wildman–Crippen LogP) is 2.66. The van der Waals surface area contributed by atoms with Gasteiger partial charge in [-0.1, -0.05) is 17.7 Å². The van der Waals surface area contributed by atoms with Crippen molar-refractivity contribution in [2.24, 2.45) is 5.84 Å². The minimum Gasteiger partial charge on any atom is -0.300 e. The third-order valence-corrected chi connectivity index (χ3v) is 3.16. The molecule has 3 N–H and O–H groups in total. The van der Waals surface area contributed by atoms with E-state index in [0.29, 0.717) is 16.4 Å². The second-order valence-electron chi connectivity index (χ2n) is 3.11. The molecule has 8 heteroatoms. The highest BCUT2D eigenvalue weighted by Crippen LogP contribution is 2.31. The number of nitrogen functional groups attached to an aromatic ring is 1. The number of aromatic nitrogens is 1. The molecule has 2 rings (SSSR count). The van der Waals surface area contributed by atoms with Crippen LogP contribution in [0.3, 0.4) is 0 Å². The Bertz CT molecular complexity index is 572. The fraction of sp³-hybridized carbons (Fsp3) is 0. The highest BCUT2D eigenvalue weighted by Gasteiger charge is 2.14. The first-order valence-corrected chi connectivity index (χ1v) is 5.74. The number of nitro benzene ring substituents is 1. The van der Waals surface area contributed by atoms with Crippen molar-refractivity contribution in [3.05, 3.63) is 38.7 Å². The number of nitrogens with zero attached hydrogens (tertiary/aromatic N) is 2. The number of nitrogens with two attached hydrogens (primary N) is 1. The summed E-state index contributed by atoms with van der Waals surface area (Å²) < 4.78 is 0. The molecule has 0 saturated heterocycles. The van der Waals surface area contributed by atoms with Crippen molar-refractivity contribution in [2.75, 3.05) is 5.43 Å². The van der Waals surface area contributed by atoms with E-state index in [0.717, 1.165) is 0 Å². The average Bonchev–Trinajstić information content (AvgIpc) is 2.78. The summed E-state index contributed by atoms with van der Waals surface area (Å²) in [5.74, 6) is 5.21. The van der Waals surface area contributed by atoms with Gasteiger partial charge < -0.3 is 0 Å². The second kappa shape index (κ2) is 4.66. The van der Waals surface area contributed by atoms with E-state index in [2.05, 4.69) is 10.4 Å². The van der Waals surface area contributed by atoms with Crippen LogP contribution in [0.25, 0.3) is 11.3 Å². The maximum Gasteiger partial charge on any atom is 0.288 e. The molecule has 1 aromatic heterocycles. The monoisotopic (exact) mass is 270 g/mol. The van der Waals surface area contributed by atoms with Crippen molar-refractivity contribution in [3.63, 3.8) is 0 Å². The standard InChI is InChI=1S/C9H7ClN4O2S/c10-6-2-1-5(3-8(6)14(15)16)7-4-17-9(12-7)13-11/h1-4H,11H2,(H,12,13). The summed E-state index contributed by atoms with van der Waals surface area (Å²) >= 11 is 7.03. The number of halogens is 1. The lowest BCUT2D eigenvalue weighted by Crippen LogP contribution is -2.05. The summed E-state index contributed by atoms with van der Waals surface area (Å²) in [5.41, 5.74) is 3.51. The Morgan fingerprint density at radius 3 is 2.88 bits per heavy atom. The number of nitro groups is 1. The van der Waals surface area contributed by atoms with Crippen molar-refractivity contribution in [2.45, 2.75) is 0 Å². The van der Waals surface area contributed by atoms with Gasteiger partial charge in [0.15, 0.2) is 5.13 Å². The molecule has 0 aliphatic rings.